The van der Waals surface area contributed by atoms with Gasteiger partial charge in [-0.3, -0.25) is 5.41 Å². The summed E-state index contributed by atoms with van der Waals surface area (Å²) in [6.07, 6.45) is 7.56. The molecule has 0 aliphatic heterocycles. The topological polar surface area (TPSA) is 49.9 Å². The van der Waals surface area contributed by atoms with Crippen LogP contribution in [0.2, 0.25) is 0 Å². The Balaban J connectivity index is 2.11. The Morgan fingerprint density at radius 1 is 0.812 bits per heavy atom. The molecule has 4 fully saturated rings. The molecule has 4 bridgehead atoms. The molecule has 4 rings (SSSR count). The normalized spacial score (nSPS) is 58.9. The lowest BCUT2D eigenvalue weighted by atomic mass is 9.36. The van der Waals surface area contributed by atoms with Crippen LogP contribution in [0.4, 0.5) is 0 Å². The molecule has 2 heteroatoms. The maximum Gasteiger partial charge on any atom is 0.0969 e. The molecule has 0 heterocycles. The molecule has 0 radical (unpaired) electrons. The Morgan fingerprint density at radius 3 is 1.38 bits per heavy atom. The van der Waals surface area contributed by atoms with Crippen molar-refractivity contribution in [1.29, 1.82) is 5.41 Å². The van der Waals surface area contributed by atoms with Crippen molar-refractivity contribution in [2.75, 3.05) is 0 Å². The van der Waals surface area contributed by atoms with Gasteiger partial charge in [0.2, 0.25) is 0 Å². The number of amidine groups is 1. The van der Waals surface area contributed by atoms with E-state index in [0.717, 1.165) is 0 Å². The van der Waals surface area contributed by atoms with Crippen LogP contribution in [0.3, 0.4) is 0 Å². The average molecular weight is 220 g/mol. The molecule has 3 N–H and O–H groups in total. The highest BCUT2D eigenvalue weighted by atomic mass is 14.8. The standard InChI is InChI=1S/C14H24N2/c1-11-4-12(2)6-13(3,5-11)9-14(7-11,8-12)10(15)16/h4-9H2,1-3H3,(H3,15,16). The number of hydrogen-bond donors (Lipinski definition) is 2. The van der Waals surface area contributed by atoms with Gasteiger partial charge in [-0.15, -0.1) is 0 Å². The molecule has 0 unspecified atom stereocenters. The van der Waals surface area contributed by atoms with Crippen molar-refractivity contribution in [1.82, 2.24) is 0 Å². The molecular weight excluding hydrogens is 196 g/mol. The molecule has 90 valence electrons. The third kappa shape index (κ3) is 1.22. The summed E-state index contributed by atoms with van der Waals surface area (Å²) in [7, 11) is 0. The third-order valence-electron chi connectivity index (χ3n) is 5.43. The fourth-order valence-electron chi connectivity index (χ4n) is 6.58. The maximum absolute atomic E-state index is 8.01. The Morgan fingerprint density at radius 2 is 1.12 bits per heavy atom. The van der Waals surface area contributed by atoms with E-state index in [4.69, 9.17) is 11.1 Å². The van der Waals surface area contributed by atoms with Crippen molar-refractivity contribution >= 4 is 5.84 Å². The van der Waals surface area contributed by atoms with Crippen LogP contribution in [0.25, 0.3) is 0 Å². The second kappa shape index (κ2) is 2.49. The second-order valence-electron chi connectivity index (χ2n) is 8.19. The Labute approximate surface area is 98.5 Å². The largest absolute Gasteiger partial charge is 0.387 e. The zero-order valence-corrected chi connectivity index (χ0v) is 10.8. The van der Waals surface area contributed by atoms with Gasteiger partial charge in [0.15, 0.2) is 0 Å². The summed E-state index contributed by atoms with van der Waals surface area (Å²) in [6.45, 7) is 7.29. The van der Waals surface area contributed by atoms with E-state index >= 15 is 0 Å². The molecule has 2 nitrogen and oxygen atoms in total. The molecule has 0 aromatic carbocycles. The van der Waals surface area contributed by atoms with E-state index < -0.39 is 0 Å². The average Bonchev–Trinajstić information content (AvgIpc) is 1.92. The number of hydrogen-bond acceptors (Lipinski definition) is 1. The van der Waals surface area contributed by atoms with Crippen molar-refractivity contribution in [3.05, 3.63) is 0 Å². The molecule has 0 amide bonds. The van der Waals surface area contributed by atoms with Crippen molar-refractivity contribution in [3.63, 3.8) is 0 Å². The van der Waals surface area contributed by atoms with Crippen molar-refractivity contribution in [2.45, 2.75) is 59.3 Å². The summed E-state index contributed by atoms with van der Waals surface area (Å²) < 4.78 is 0. The van der Waals surface area contributed by atoms with Gasteiger partial charge in [0.05, 0.1) is 5.84 Å². The fourth-order valence-corrected chi connectivity index (χ4v) is 6.58. The lowest BCUT2D eigenvalue weighted by Crippen LogP contribution is -2.62. The predicted molar refractivity (Wildman–Crippen MR) is 66.4 cm³/mol. The second-order valence-corrected chi connectivity index (χ2v) is 8.19. The van der Waals surface area contributed by atoms with Crippen molar-refractivity contribution in [3.8, 4) is 0 Å². The van der Waals surface area contributed by atoms with Crippen LogP contribution in [0, 0.1) is 27.1 Å². The summed E-state index contributed by atoms with van der Waals surface area (Å²) in [5, 5.41) is 8.01. The Bertz CT molecular complexity index is 317. The van der Waals surface area contributed by atoms with Crippen LogP contribution in [-0.2, 0) is 0 Å². The van der Waals surface area contributed by atoms with E-state index in [-0.39, 0.29) is 5.41 Å². The maximum atomic E-state index is 8.01. The number of nitrogens with one attached hydrogen (secondary N) is 1. The number of rotatable bonds is 1. The molecule has 0 atom stereocenters. The monoisotopic (exact) mass is 220 g/mol. The highest BCUT2D eigenvalue weighted by Crippen LogP contribution is 2.73. The minimum Gasteiger partial charge on any atom is -0.387 e. The van der Waals surface area contributed by atoms with Crippen LogP contribution < -0.4 is 5.73 Å². The summed E-state index contributed by atoms with van der Waals surface area (Å²) in [5.74, 6) is 0.468. The van der Waals surface area contributed by atoms with Crippen LogP contribution >= 0.6 is 0 Å². The lowest BCUT2D eigenvalue weighted by Gasteiger charge is -2.68. The molecule has 4 aliphatic carbocycles. The van der Waals surface area contributed by atoms with Gasteiger partial charge in [0, 0.05) is 5.41 Å². The minimum absolute atomic E-state index is 0.0486. The van der Waals surface area contributed by atoms with Crippen LogP contribution in [-0.4, -0.2) is 5.84 Å². The lowest BCUT2D eigenvalue weighted by molar-refractivity contribution is -0.158. The van der Waals surface area contributed by atoms with Gasteiger partial charge in [0.1, 0.15) is 0 Å². The highest BCUT2D eigenvalue weighted by molar-refractivity contribution is 5.84. The molecule has 4 aliphatic rings. The molecule has 0 aromatic rings. The molecule has 16 heavy (non-hydrogen) atoms. The predicted octanol–water partition coefficient (Wildman–Crippen LogP) is 3.31. The third-order valence-corrected chi connectivity index (χ3v) is 5.43. The van der Waals surface area contributed by atoms with E-state index in [9.17, 15) is 0 Å². The van der Waals surface area contributed by atoms with Crippen LogP contribution in [0.1, 0.15) is 59.3 Å². The van der Waals surface area contributed by atoms with E-state index in [2.05, 4.69) is 20.8 Å². The van der Waals surface area contributed by atoms with Gasteiger partial charge in [-0.1, -0.05) is 20.8 Å². The molecule has 0 saturated heterocycles. The molecule has 4 saturated carbocycles. The first-order chi connectivity index (χ1) is 7.19. The fraction of sp³-hybridized carbons (Fsp3) is 0.929. The smallest absolute Gasteiger partial charge is 0.0969 e. The zero-order valence-electron chi connectivity index (χ0n) is 10.8. The summed E-state index contributed by atoms with van der Waals surface area (Å²) in [6, 6.07) is 0. The first kappa shape index (κ1) is 10.6. The van der Waals surface area contributed by atoms with Gasteiger partial charge in [0.25, 0.3) is 0 Å². The quantitative estimate of drug-likeness (QED) is 0.517. The van der Waals surface area contributed by atoms with Crippen molar-refractivity contribution in [2.24, 2.45) is 27.4 Å². The summed E-state index contributed by atoms with van der Waals surface area (Å²) >= 11 is 0. The first-order valence-electron chi connectivity index (χ1n) is 6.53. The van der Waals surface area contributed by atoms with Gasteiger partial charge < -0.3 is 5.73 Å². The van der Waals surface area contributed by atoms with E-state index in [1.54, 1.807) is 0 Å². The Hall–Kier alpha value is -0.530. The van der Waals surface area contributed by atoms with Gasteiger partial charge in [-0.2, -0.15) is 0 Å². The van der Waals surface area contributed by atoms with Gasteiger partial charge in [-0.25, -0.2) is 0 Å². The van der Waals surface area contributed by atoms with E-state index in [0.29, 0.717) is 22.1 Å². The van der Waals surface area contributed by atoms with Crippen molar-refractivity contribution < 1.29 is 0 Å². The van der Waals surface area contributed by atoms with Gasteiger partial charge in [-0.05, 0) is 54.8 Å². The summed E-state index contributed by atoms with van der Waals surface area (Å²) in [4.78, 5) is 0. The molecular formula is C14H24N2. The first-order valence-corrected chi connectivity index (χ1v) is 6.53. The highest BCUT2D eigenvalue weighted by Gasteiger charge is 2.64. The van der Waals surface area contributed by atoms with Crippen LogP contribution in [0.5, 0.6) is 0 Å². The van der Waals surface area contributed by atoms with Gasteiger partial charge >= 0.3 is 0 Å². The van der Waals surface area contributed by atoms with E-state index in [1.165, 1.54) is 38.5 Å². The molecule has 0 aromatic heterocycles. The summed E-state index contributed by atoms with van der Waals surface area (Å²) in [5.41, 5.74) is 7.35. The number of nitrogens with two attached hydrogens (primary N) is 1. The zero-order chi connectivity index (χ0) is 11.8. The Kier molecular flexibility index (Phi) is 1.65. The SMILES string of the molecule is CC12CC3(C)CC(C)(C1)CC(C(=N)N)(C2)C3. The molecule has 0 spiro atoms. The minimum atomic E-state index is 0.0486. The van der Waals surface area contributed by atoms with E-state index in [1.807, 2.05) is 0 Å². The van der Waals surface area contributed by atoms with Crippen LogP contribution in [0.15, 0.2) is 0 Å².